The second-order valence-electron chi connectivity index (χ2n) is 6.60. The lowest BCUT2D eigenvalue weighted by Crippen LogP contribution is -2.40. The minimum Gasteiger partial charge on any atom is -0.493 e. The van der Waals surface area contributed by atoms with E-state index in [0.29, 0.717) is 30.5 Å². The smallest absolute Gasteiger partial charge is 0.410 e. The lowest BCUT2D eigenvalue weighted by molar-refractivity contribution is 0.0302. The van der Waals surface area contributed by atoms with Crippen molar-refractivity contribution in [2.45, 2.75) is 26.4 Å². The second-order valence-corrected chi connectivity index (χ2v) is 6.60. The molecule has 1 amide bonds. The van der Waals surface area contributed by atoms with Gasteiger partial charge in [-0.1, -0.05) is 0 Å². The quantitative estimate of drug-likeness (QED) is 0.595. The molecule has 0 aromatic heterocycles. The van der Waals surface area contributed by atoms with Crippen molar-refractivity contribution < 1.29 is 19.0 Å². The van der Waals surface area contributed by atoms with Crippen LogP contribution < -0.4 is 20.1 Å². The van der Waals surface area contributed by atoms with Crippen LogP contribution in [0.2, 0.25) is 0 Å². The molecule has 0 spiro atoms. The summed E-state index contributed by atoms with van der Waals surface area (Å²) in [5.74, 6) is 1.85. The molecule has 0 unspecified atom stereocenters. The molecule has 0 saturated carbocycles. The molecule has 0 atom stereocenters. The summed E-state index contributed by atoms with van der Waals surface area (Å²) in [6.07, 6.45) is -0.359. The Morgan fingerprint density at radius 1 is 1.19 bits per heavy atom. The predicted molar refractivity (Wildman–Crippen MR) is 103 cm³/mol. The topological polar surface area (TPSA) is 84.4 Å². The van der Waals surface area contributed by atoms with Crippen molar-refractivity contribution in [3.63, 3.8) is 0 Å². The SMILES string of the molecule is CN=C(NCCN(C)C(=O)OC(C)(C)C)Nc1ccc(OC)c(OC)c1. The van der Waals surface area contributed by atoms with Crippen molar-refractivity contribution in [2.75, 3.05) is 46.7 Å². The van der Waals surface area contributed by atoms with Gasteiger partial charge in [-0.2, -0.15) is 0 Å². The summed E-state index contributed by atoms with van der Waals surface area (Å²) < 4.78 is 15.8. The molecule has 8 heteroatoms. The number of guanidine groups is 1. The van der Waals surface area contributed by atoms with Crippen molar-refractivity contribution in [2.24, 2.45) is 4.99 Å². The van der Waals surface area contributed by atoms with Crippen LogP contribution >= 0.6 is 0 Å². The van der Waals surface area contributed by atoms with E-state index in [9.17, 15) is 4.79 Å². The molecule has 1 rings (SSSR count). The standard InChI is InChI=1S/C18H30N4O4/c1-18(2,3)26-17(23)22(5)11-10-20-16(19-4)21-13-8-9-14(24-6)15(12-13)25-7/h8-9,12H,10-11H2,1-7H3,(H2,19,20,21). The summed E-state index contributed by atoms with van der Waals surface area (Å²) in [4.78, 5) is 17.6. The number of hydrogen-bond acceptors (Lipinski definition) is 5. The van der Waals surface area contributed by atoms with Crippen molar-refractivity contribution in [3.8, 4) is 11.5 Å². The van der Waals surface area contributed by atoms with E-state index < -0.39 is 5.60 Å². The molecular formula is C18H30N4O4. The normalized spacial score (nSPS) is 11.6. The summed E-state index contributed by atoms with van der Waals surface area (Å²) in [6.45, 7) is 6.51. The molecule has 0 aliphatic heterocycles. The number of carbonyl (C=O) groups excluding carboxylic acids is 1. The molecule has 8 nitrogen and oxygen atoms in total. The number of methoxy groups -OCH3 is 2. The first-order chi connectivity index (χ1) is 12.2. The molecule has 1 aromatic carbocycles. The third-order valence-corrected chi connectivity index (χ3v) is 3.31. The number of benzene rings is 1. The van der Waals surface area contributed by atoms with Crippen molar-refractivity contribution in [1.29, 1.82) is 0 Å². The van der Waals surface area contributed by atoms with Gasteiger partial charge in [0.25, 0.3) is 0 Å². The summed E-state index contributed by atoms with van der Waals surface area (Å²) in [5.41, 5.74) is 0.292. The zero-order valence-electron chi connectivity index (χ0n) is 16.7. The van der Waals surface area contributed by atoms with Gasteiger partial charge in [-0.05, 0) is 32.9 Å². The number of carbonyl (C=O) groups is 1. The van der Waals surface area contributed by atoms with Gasteiger partial charge >= 0.3 is 6.09 Å². The Hall–Kier alpha value is -2.64. The summed E-state index contributed by atoms with van der Waals surface area (Å²) in [7, 11) is 6.54. The number of amides is 1. The molecule has 0 saturated heterocycles. The van der Waals surface area contributed by atoms with Gasteiger partial charge in [0.15, 0.2) is 17.5 Å². The number of ether oxygens (including phenoxy) is 3. The van der Waals surface area contributed by atoms with Gasteiger partial charge in [-0.3, -0.25) is 4.99 Å². The maximum Gasteiger partial charge on any atom is 0.410 e. The molecule has 0 bridgehead atoms. The largest absolute Gasteiger partial charge is 0.493 e. The third-order valence-electron chi connectivity index (χ3n) is 3.31. The van der Waals surface area contributed by atoms with Crippen LogP contribution in [-0.2, 0) is 4.74 Å². The molecule has 26 heavy (non-hydrogen) atoms. The van der Waals surface area contributed by atoms with Crippen LogP contribution in [0.3, 0.4) is 0 Å². The van der Waals surface area contributed by atoms with E-state index in [1.165, 1.54) is 4.90 Å². The van der Waals surface area contributed by atoms with Crippen LogP contribution in [0.1, 0.15) is 20.8 Å². The molecule has 146 valence electrons. The minimum atomic E-state index is -0.510. The maximum atomic E-state index is 11.9. The lowest BCUT2D eigenvalue weighted by atomic mass is 10.2. The highest BCUT2D eigenvalue weighted by Gasteiger charge is 2.19. The number of nitrogens with zero attached hydrogens (tertiary/aromatic N) is 2. The number of anilines is 1. The van der Waals surface area contributed by atoms with Crippen LogP contribution in [-0.4, -0.2) is 64.0 Å². The van der Waals surface area contributed by atoms with Crippen LogP contribution in [0.4, 0.5) is 10.5 Å². The Bertz CT molecular complexity index is 626. The molecule has 0 fully saturated rings. The number of hydrogen-bond donors (Lipinski definition) is 2. The fourth-order valence-electron chi connectivity index (χ4n) is 2.00. The Labute approximate surface area is 155 Å². The van der Waals surface area contributed by atoms with E-state index in [-0.39, 0.29) is 6.09 Å². The number of rotatable bonds is 6. The average molecular weight is 366 g/mol. The highest BCUT2D eigenvalue weighted by molar-refractivity contribution is 5.93. The van der Waals surface area contributed by atoms with Gasteiger partial charge < -0.3 is 29.7 Å². The molecular weight excluding hydrogens is 336 g/mol. The van der Waals surface area contributed by atoms with Crippen molar-refractivity contribution >= 4 is 17.7 Å². The van der Waals surface area contributed by atoms with Gasteiger partial charge in [0.1, 0.15) is 5.60 Å². The number of aliphatic imine (C=N–C) groups is 1. The first-order valence-electron chi connectivity index (χ1n) is 8.34. The first-order valence-corrected chi connectivity index (χ1v) is 8.34. The molecule has 0 radical (unpaired) electrons. The monoisotopic (exact) mass is 366 g/mol. The highest BCUT2D eigenvalue weighted by Crippen LogP contribution is 2.29. The van der Waals surface area contributed by atoms with Crippen molar-refractivity contribution in [3.05, 3.63) is 18.2 Å². The third kappa shape index (κ3) is 7.08. The molecule has 0 heterocycles. The number of nitrogens with one attached hydrogen (secondary N) is 2. The molecule has 0 aliphatic carbocycles. The van der Waals surface area contributed by atoms with E-state index in [0.717, 1.165) is 5.69 Å². The van der Waals surface area contributed by atoms with Crippen LogP contribution in [0.15, 0.2) is 23.2 Å². The maximum absolute atomic E-state index is 11.9. The summed E-state index contributed by atoms with van der Waals surface area (Å²) >= 11 is 0. The second kappa shape index (κ2) is 9.74. The van der Waals surface area contributed by atoms with Crippen LogP contribution in [0.5, 0.6) is 11.5 Å². The van der Waals surface area contributed by atoms with Crippen LogP contribution in [0, 0.1) is 0 Å². The first kappa shape index (κ1) is 21.4. The van der Waals surface area contributed by atoms with Gasteiger partial charge in [-0.15, -0.1) is 0 Å². The fourth-order valence-corrected chi connectivity index (χ4v) is 2.00. The van der Waals surface area contributed by atoms with Gasteiger partial charge in [-0.25, -0.2) is 4.79 Å². The summed E-state index contributed by atoms with van der Waals surface area (Å²) in [6, 6.07) is 5.49. The van der Waals surface area contributed by atoms with E-state index in [2.05, 4.69) is 15.6 Å². The van der Waals surface area contributed by atoms with Crippen molar-refractivity contribution in [1.82, 2.24) is 10.2 Å². The van der Waals surface area contributed by atoms with E-state index >= 15 is 0 Å². The van der Waals surface area contributed by atoms with E-state index in [4.69, 9.17) is 14.2 Å². The average Bonchev–Trinajstić information content (AvgIpc) is 2.58. The zero-order valence-corrected chi connectivity index (χ0v) is 16.7. The van der Waals surface area contributed by atoms with Gasteiger partial charge in [0.05, 0.1) is 14.2 Å². The molecule has 1 aromatic rings. The van der Waals surface area contributed by atoms with E-state index in [1.54, 1.807) is 28.3 Å². The van der Waals surface area contributed by atoms with Gasteiger partial charge in [0, 0.05) is 38.9 Å². The van der Waals surface area contributed by atoms with Crippen LogP contribution in [0.25, 0.3) is 0 Å². The lowest BCUT2D eigenvalue weighted by Gasteiger charge is -2.25. The van der Waals surface area contributed by atoms with E-state index in [1.807, 2.05) is 39.0 Å². The summed E-state index contributed by atoms with van der Waals surface area (Å²) in [5, 5.41) is 6.31. The Balaban J connectivity index is 2.55. The number of likely N-dealkylation sites (N-methyl/N-ethyl adjacent to an activating group) is 1. The predicted octanol–water partition coefficient (Wildman–Crippen LogP) is 2.56. The molecule has 0 aliphatic rings. The zero-order chi connectivity index (χ0) is 19.7. The Morgan fingerprint density at radius 3 is 2.38 bits per heavy atom. The Morgan fingerprint density at radius 2 is 1.85 bits per heavy atom. The molecule has 2 N–H and O–H groups in total. The highest BCUT2D eigenvalue weighted by atomic mass is 16.6. The Kier molecular flexibility index (Phi) is 8.02. The fraction of sp³-hybridized carbons (Fsp3) is 0.556. The minimum absolute atomic E-state index is 0.359. The van der Waals surface area contributed by atoms with Gasteiger partial charge in [0.2, 0.25) is 0 Å².